The number of imidazole rings is 1. The Morgan fingerprint density at radius 2 is 2.15 bits per heavy atom. The summed E-state index contributed by atoms with van der Waals surface area (Å²) >= 11 is 0. The van der Waals surface area contributed by atoms with Crippen LogP contribution in [0.3, 0.4) is 0 Å². The number of carbonyl (C=O) groups excluding carboxylic acids is 1. The Hall–Kier alpha value is -2.24. The summed E-state index contributed by atoms with van der Waals surface area (Å²) in [6, 6.07) is 5.61. The molecule has 1 aromatic carbocycles. The second kappa shape index (κ2) is 5.40. The number of para-hydroxylation sites is 1. The van der Waals surface area contributed by atoms with Crippen molar-refractivity contribution in [2.45, 2.75) is 26.5 Å². The van der Waals surface area contributed by atoms with Crippen molar-refractivity contribution >= 4 is 22.9 Å². The van der Waals surface area contributed by atoms with E-state index in [2.05, 4.69) is 4.98 Å². The third kappa shape index (κ3) is 2.68. The molecule has 0 aliphatic carbocycles. The number of aromatic nitrogens is 2. The largest absolute Gasteiger partial charge is 0.489 e. The van der Waals surface area contributed by atoms with Crippen molar-refractivity contribution in [1.82, 2.24) is 14.5 Å². The molecule has 6 heteroatoms. The topological polar surface area (TPSA) is 73.4 Å². The Bertz CT molecular complexity index is 631. The molecular formula is C14H20N4O2. The minimum Gasteiger partial charge on any atom is -0.489 e. The molecule has 0 spiro atoms. The van der Waals surface area contributed by atoms with E-state index in [0.29, 0.717) is 17.2 Å². The van der Waals surface area contributed by atoms with Gasteiger partial charge in [0.15, 0.2) is 0 Å². The van der Waals surface area contributed by atoms with Gasteiger partial charge in [-0.1, -0.05) is 6.07 Å². The molecule has 1 aromatic heterocycles. The predicted molar refractivity (Wildman–Crippen MR) is 78.6 cm³/mol. The maximum absolute atomic E-state index is 11.9. The molecule has 0 saturated heterocycles. The Kier molecular flexibility index (Phi) is 3.83. The van der Waals surface area contributed by atoms with Crippen molar-refractivity contribution in [2.75, 3.05) is 19.8 Å². The summed E-state index contributed by atoms with van der Waals surface area (Å²) in [7, 11) is 3.43. The van der Waals surface area contributed by atoms with Crippen molar-refractivity contribution in [2.24, 2.45) is 0 Å². The van der Waals surface area contributed by atoms with Crippen LogP contribution in [-0.4, -0.2) is 40.6 Å². The Balaban J connectivity index is 2.46. The van der Waals surface area contributed by atoms with Gasteiger partial charge in [0.25, 0.3) is 0 Å². The van der Waals surface area contributed by atoms with E-state index in [-0.39, 0.29) is 18.6 Å². The number of carbonyl (C=O) groups is 1. The van der Waals surface area contributed by atoms with E-state index >= 15 is 0 Å². The molecule has 0 fully saturated rings. The summed E-state index contributed by atoms with van der Waals surface area (Å²) in [6.07, 6.45) is 0.0513. The summed E-state index contributed by atoms with van der Waals surface area (Å²) in [5, 5.41) is 0. The molecule has 0 unspecified atom stereocenters. The van der Waals surface area contributed by atoms with Crippen molar-refractivity contribution in [3.05, 3.63) is 18.2 Å². The smallest absolute Gasteiger partial charge is 0.242 e. The third-order valence-electron chi connectivity index (χ3n) is 2.93. The lowest BCUT2D eigenvalue weighted by Crippen LogP contribution is -2.26. The van der Waals surface area contributed by atoms with E-state index in [1.54, 1.807) is 18.7 Å². The van der Waals surface area contributed by atoms with Gasteiger partial charge >= 0.3 is 0 Å². The predicted octanol–water partition coefficient (Wildman–Crippen LogP) is 1.49. The van der Waals surface area contributed by atoms with Gasteiger partial charge in [0.1, 0.15) is 17.8 Å². The van der Waals surface area contributed by atoms with Crippen molar-refractivity contribution < 1.29 is 9.53 Å². The van der Waals surface area contributed by atoms with Gasteiger partial charge in [0, 0.05) is 14.1 Å². The molecule has 2 aromatic rings. The minimum absolute atomic E-state index is 0.0359. The summed E-state index contributed by atoms with van der Waals surface area (Å²) in [5.74, 6) is 0.960. The number of benzene rings is 1. The zero-order valence-electron chi connectivity index (χ0n) is 12.3. The van der Waals surface area contributed by atoms with Crippen LogP contribution in [0.1, 0.15) is 13.8 Å². The molecule has 1 amide bonds. The fourth-order valence-electron chi connectivity index (χ4n) is 1.93. The van der Waals surface area contributed by atoms with Crippen molar-refractivity contribution in [3.63, 3.8) is 0 Å². The third-order valence-corrected chi connectivity index (χ3v) is 2.93. The van der Waals surface area contributed by atoms with E-state index in [9.17, 15) is 4.79 Å². The van der Waals surface area contributed by atoms with Gasteiger partial charge in [-0.25, -0.2) is 4.98 Å². The van der Waals surface area contributed by atoms with Gasteiger partial charge < -0.3 is 19.9 Å². The number of nitrogens with two attached hydrogens (primary N) is 1. The van der Waals surface area contributed by atoms with Crippen molar-refractivity contribution in [1.29, 1.82) is 0 Å². The van der Waals surface area contributed by atoms with Crippen LogP contribution < -0.4 is 10.5 Å². The molecule has 0 atom stereocenters. The summed E-state index contributed by atoms with van der Waals surface area (Å²) < 4.78 is 7.42. The maximum Gasteiger partial charge on any atom is 0.242 e. The molecule has 0 saturated carbocycles. The first-order valence-corrected chi connectivity index (χ1v) is 6.51. The number of fused-ring (bicyclic) bond motifs is 1. The van der Waals surface area contributed by atoms with Gasteiger partial charge in [-0.3, -0.25) is 4.79 Å². The highest BCUT2D eigenvalue weighted by Crippen LogP contribution is 2.27. The number of hydrogen-bond acceptors (Lipinski definition) is 4. The Morgan fingerprint density at radius 1 is 1.45 bits per heavy atom. The maximum atomic E-state index is 11.9. The summed E-state index contributed by atoms with van der Waals surface area (Å²) in [6.45, 7) is 4.07. The molecule has 0 radical (unpaired) electrons. The van der Waals surface area contributed by atoms with Crippen LogP contribution in [0.2, 0.25) is 0 Å². The fourth-order valence-corrected chi connectivity index (χ4v) is 1.93. The standard InChI is InChI=1S/C14H20N4O2/c1-9(2)20-11-7-5-6-10-13(11)16-14(15)18(10)8-12(19)17(3)4/h5-7,9H,8H2,1-4H3,(H2,15,16). The fraction of sp³-hybridized carbons (Fsp3) is 0.429. The number of hydrogen-bond donors (Lipinski definition) is 1. The Morgan fingerprint density at radius 3 is 2.75 bits per heavy atom. The second-order valence-corrected chi connectivity index (χ2v) is 5.13. The van der Waals surface area contributed by atoms with Crippen LogP contribution >= 0.6 is 0 Å². The van der Waals surface area contributed by atoms with E-state index in [0.717, 1.165) is 5.52 Å². The molecule has 108 valence electrons. The average molecular weight is 276 g/mol. The Labute approximate surface area is 118 Å². The molecular weight excluding hydrogens is 256 g/mol. The van der Waals surface area contributed by atoms with Gasteiger partial charge in [0.05, 0.1) is 11.6 Å². The van der Waals surface area contributed by atoms with Crippen LogP contribution in [0.25, 0.3) is 11.0 Å². The van der Waals surface area contributed by atoms with Gasteiger partial charge in [-0.05, 0) is 26.0 Å². The van der Waals surface area contributed by atoms with Gasteiger partial charge in [0.2, 0.25) is 11.9 Å². The number of ether oxygens (including phenoxy) is 1. The molecule has 0 aliphatic heterocycles. The van der Waals surface area contributed by atoms with Crippen LogP contribution in [0.4, 0.5) is 5.95 Å². The lowest BCUT2D eigenvalue weighted by atomic mass is 10.3. The normalized spacial score (nSPS) is 11.1. The summed E-state index contributed by atoms with van der Waals surface area (Å²) in [4.78, 5) is 17.7. The van der Waals surface area contributed by atoms with Crippen molar-refractivity contribution in [3.8, 4) is 5.75 Å². The highest BCUT2D eigenvalue weighted by atomic mass is 16.5. The zero-order valence-corrected chi connectivity index (χ0v) is 12.3. The number of nitrogen functional groups attached to an aromatic ring is 1. The van der Waals surface area contributed by atoms with Crippen LogP contribution in [0.15, 0.2) is 18.2 Å². The molecule has 0 bridgehead atoms. The highest BCUT2D eigenvalue weighted by Gasteiger charge is 2.16. The SMILES string of the molecule is CC(C)Oc1cccc2c1nc(N)n2CC(=O)N(C)C. The van der Waals surface area contributed by atoms with Crippen LogP contribution in [0.5, 0.6) is 5.75 Å². The number of amides is 1. The molecule has 1 heterocycles. The highest BCUT2D eigenvalue weighted by molar-refractivity contribution is 5.86. The van der Waals surface area contributed by atoms with Gasteiger partial charge in [-0.15, -0.1) is 0 Å². The zero-order chi connectivity index (χ0) is 14.9. The molecule has 2 N–H and O–H groups in total. The minimum atomic E-state index is -0.0359. The average Bonchev–Trinajstić information content (AvgIpc) is 2.67. The monoisotopic (exact) mass is 276 g/mol. The number of rotatable bonds is 4. The van der Waals surface area contributed by atoms with Crippen LogP contribution in [0, 0.1) is 0 Å². The van der Waals surface area contributed by atoms with E-state index in [1.165, 1.54) is 4.90 Å². The molecule has 2 rings (SSSR count). The molecule has 6 nitrogen and oxygen atoms in total. The number of anilines is 1. The summed E-state index contributed by atoms with van der Waals surface area (Å²) in [5.41, 5.74) is 7.41. The van der Waals surface area contributed by atoms with E-state index in [1.807, 2.05) is 32.0 Å². The lowest BCUT2D eigenvalue weighted by molar-refractivity contribution is -0.129. The second-order valence-electron chi connectivity index (χ2n) is 5.13. The van der Waals surface area contributed by atoms with Gasteiger partial charge in [-0.2, -0.15) is 0 Å². The first-order valence-electron chi connectivity index (χ1n) is 6.51. The first kappa shape index (κ1) is 14.2. The number of likely N-dealkylation sites (N-methyl/N-ethyl adjacent to an activating group) is 1. The lowest BCUT2D eigenvalue weighted by Gasteiger charge is -2.12. The van der Waals surface area contributed by atoms with Crippen LogP contribution in [-0.2, 0) is 11.3 Å². The van der Waals surface area contributed by atoms with E-state index in [4.69, 9.17) is 10.5 Å². The van der Waals surface area contributed by atoms with E-state index < -0.39 is 0 Å². The number of nitrogens with zero attached hydrogens (tertiary/aromatic N) is 3. The molecule has 0 aliphatic rings. The quantitative estimate of drug-likeness (QED) is 0.918. The first-order chi connectivity index (χ1) is 9.40. The molecule has 20 heavy (non-hydrogen) atoms.